The van der Waals surface area contributed by atoms with Crippen molar-refractivity contribution in [2.45, 2.75) is 25.8 Å². The number of fused-ring (bicyclic) bond motifs is 2. The zero-order valence-electron chi connectivity index (χ0n) is 12.1. The summed E-state index contributed by atoms with van der Waals surface area (Å²) in [6, 6.07) is 5.17. The Morgan fingerprint density at radius 2 is 2.05 bits per heavy atom. The third kappa shape index (κ3) is 2.52. The number of piperidine rings is 2. The van der Waals surface area contributed by atoms with Crippen LogP contribution in [0, 0.1) is 11.7 Å². The quantitative estimate of drug-likeness (QED) is 0.835. The van der Waals surface area contributed by atoms with Crippen LogP contribution in [0.3, 0.4) is 0 Å². The van der Waals surface area contributed by atoms with Gasteiger partial charge in [0, 0.05) is 25.2 Å². The highest BCUT2D eigenvalue weighted by molar-refractivity contribution is 5.98. The SMILES string of the molecule is CCN1C[C@H]2CCN(C(=O)c3ccc(F)cc3)[C@H](C2)C1=O. The summed E-state index contributed by atoms with van der Waals surface area (Å²) in [5, 5.41) is 0. The average molecular weight is 290 g/mol. The number of benzene rings is 1. The Bertz CT molecular complexity index is 558. The molecule has 0 spiro atoms. The highest BCUT2D eigenvalue weighted by Crippen LogP contribution is 2.30. The topological polar surface area (TPSA) is 40.6 Å². The van der Waals surface area contributed by atoms with Gasteiger partial charge in [0.05, 0.1) is 0 Å². The predicted molar refractivity (Wildman–Crippen MR) is 76.2 cm³/mol. The summed E-state index contributed by atoms with van der Waals surface area (Å²) in [6.07, 6.45) is 1.68. The number of halogens is 1. The first-order valence-corrected chi connectivity index (χ1v) is 7.45. The Morgan fingerprint density at radius 3 is 2.71 bits per heavy atom. The fourth-order valence-electron chi connectivity index (χ4n) is 3.34. The van der Waals surface area contributed by atoms with E-state index >= 15 is 0 Å². The molecule has 2 saturated heterocycles. The molecule has 0 radical (unpaired) electrons. The van der Waals surface area contributed by atoms with E-state index in [4.69, 9.17) is 0 Å². The number of carbonyl (C=O) groups is 2. The number of likely N-dealkylation sites (tertiary alicyclic amines) is 2. The summed E-state index contributed by atoms with van der Waals surface area (Å²) in [5.74, 6) is -0.00487. The Kier molecular flexibility index (Phi) is 3.66. The average Bonchev–Trinajstić information content (AvgIpc) is 2.51. The summed E-state index contributed by atoms with van der Waals surface area (Å²) in [7, 11) is 0. The molecule has 21 heavy (non-hydrogen) atoms. The van der Waals surface area contributed by atoms with E-state index in [1.165, 1.54) is 24.3 Å². The standard InChI is InChI=1S/C16H19FN2O2/c1-2-18-10-11-7-8-19(14(9-11)16(18)21)15(20)12-3-5-13(17)6-4-12/h3-6,11,14H,2,7-10H2,1H3/t11-,14+/m0/s1. The number of amides is 2. The highest BCUT2D eigenvalue weighted by Gasteiger charge is 2.42. The minimum Gasteiger partial charge on any atom is -0.341 e. The van der Waals surface area contributed by atoms with Gasteiger partial charge in [0.1, 0.15) is 11.9 Å². The summed E-state index contributed by atoms with van der Waals surface area (Å²) in [5.41, 5.74) is 0.441. The molecule has 2 fully saturated rings. The molecule has 2 heterocycles. The monoisotopic (exact) mass is 290 g/mol. The van der Waals surface area contributed by atoms with Crippen molar-refractivity contribution in [1.29, 1.82) is 0 Å². The molecule has 1 aromatic carbocycles. The van der Waals surface area contributed by atoms with Gasteiger partial charge in [-0.05, 0) is 49.9 Å². The molecule has 1 aromatic rings. The maximum Gasteiger partial charge on any atom is 0.254 e. The third-order valence-electron chi connectivity index (χ3n) is 4.52. The first-order chi connectivity index (χ1) is 10.1. The molecular weight excluding hydrogens is 271 g/mol. The molecule has 0 aliphatic carbocycles. The second kappa shape index (κ2) is 5.47. The van der Waals surface area contributed by atoms with Crippen molar-refractivity contribution in [1.82, 2.24) is 9.80 Å². The van der Waals surface area contributed by atoms with Gasteiger partial charge in [0.15, 0.2) is 0 Å². The van der Waals surface area contributed by atoms with Crippen LogP contribution in [0.15, 0.2) is 24.3 Å². The molecule has 0 aromatic heterocycles. The predicted octanol–water partition coefficient (Wildman–Crippen LogP) is 1.91. The lowest BCUT2D eigenvalue weighted by molar-refractivity contribution is -0.143. The first kappa shape index (κ1) is 14.0. The van der Waals surface area contributed by atoms with E-state index in [0.29, 0.717) is 24.6 Å². The van der Waals surface area contributed by atoms with Crippen molar-refractivity contribution in [3.63, 3.8) is 0 Å². The van der Waals surface area contributed by atoms with Gasteiger partial charge in [0.25, 0.3) is 5.91 Å². The molecule has 0 N–H and O–H groups in total. The second-order valence-corrected chi connectivity index (χ2v) is 5.79. The van der Waals surface area contributed by atoms with Crippen LogP contribution in [0.25, 0.3) is 0 Å². The van der Waals surface area contributed by atoms with Crippen molar-refractivity contribution in [2.75, 3.05) is 19.6 Å². The first-order valence-electron chi connectivity index (χ1n) is 7.45. The Morgan fingerprint density at radius 1 is 1.33 bits per heavy atom. The van der Waals surface area contributed by atoms with Gasteiger partial charge in [-0.2, -0.15) is 0 Å². The van der Waals surface area contributed by atoms with Gasteiger partial charge >= 0.3 is 0 Å². The van der Waals surface area contributed by atoms with Gasteiger partial charge < -0.3 is 9.80 Å². The van der Waals surface area contributed by atoms with Gasteiger partial charge in [-0.25, -0.2) is 4.39 Å². The van der Waals surface area contributed by atoms with Crippen molar-refractivity contribution >= 4 is 11.8 Å². The van der Waals surface area contributed by atoms with Gasteiger partial charge in [-0.3, -0.25) is 9.59 Å². The van der Waals surface area contributed by atoms with E-state index in [-0.39, 0.29) is 23.7 Å². The van der Waals surface area contributed by atoms with Crippen molar-refractivity contribution in [3.8, 4) is 0 Å². The van der Waals surface area contributed by atoms with E-state index in [1.807, 2.05) is 11.8 Å². The minimum absolute atomic E-state index is 0.0453. The van der Waals surface area contributed by atoms with Crippen LogP contribution in [-0.2, 0) is 4.79 Å². The molecule has 4 nitrogen and oxygen atoms in total. The second-order valence-electron chi connectivity index (χ2n) is 5.79. The fourth-order valence-corrected chi connectivity index (χ4v) is 3.34. The highest BCUT2D eigenvalue weighted by atomic mass is 19.1. The minimum atomic E-state index is -0.365. The summed E-state index contributed by atoms with van der Waals surface area (Å²) in [4.78, 5) is 28.5. The van der Waals surface area contributed by atoms with Gasteiger partial charge in [-0.1, -0.05) is 0 Å². The van der Waals surface area contributed by atoms with Crippen molar-refractivity contribution in [2.24, 2.45) is 5.92 Å². The normalized spacial score (nSPS) is 25.1. The molecule has 2 aliphatic rings. The van der Waals surface area contributed by atoms with Crippen LogP contribution < -0.4 is 0 Å². The molecule has 2 aliphatic heterocycles. The Balaban J connectivity index is 1.83. The van der Waals surface area contributed by atoms with Crippen LogP contribution in [0.5, 0.6) is 0 Å². The van der Waals surface area contributed by atoms with Crippen LogP contribution in [-0.4, -0.2) is 47.3 Å². The van der Waals surface area contributed by atoms with Gasteiger partial charge in [-0.15, -0.1) is 0 Å². The van der Waals surface area contributed by atoms with Crippen LogP contribution in [0.4, 0.5) is 4.39 Å². The van der Waals surface area contributed by atoms with E-state index < -0.39 is 0 Å². The number of carbonyl (C=O) groups excluding carboxylic acids is 2. The third-order valence-corrected chi connectivity index (χ3v) is 4.52. The lowest BCUT2D eigenvalue weighted by atomic mass is 9.85. The van der Waals surface area contributed by atoms with Crippen molar-refractivity contribution in [3.05, 3.63) is 35.6 Å². The number of rotatable bonds is 2. The van der Waals surface area contributed by atoms with Crippen molar-refractivity contribution < 1.29 is 14.0 Å². The van der Waals surface area contributed by atoms with Crippen LogP contribution in [0.1, 0.15) is 30.1 Å². The van der Waals surface area contributed by atoms with Crippen LogP contribution in [0.2, 0.25) is 0 Å². The van der Waals surface area contributed by atoms with E-state index in [9.17, 15) is 14.0 Å². The molecule has 0 unspecified atom stereocenters. The smallest absolute Gasteiger partial charge is 0.254 e. The largest absolute Gasteiger partial charge is 0.341 e. The lowest BCUT2D eigenvalue weighted by Gasteiger charge is -2.46. The maximum absolute atomic E-state index is 13.0. The Labute approximate surface area is 123 Å². The number of hydrogen-bond donors (Lipinski definition) is 0. The zero-order valence-corrected chi connectivity index (χ0v) is 12.1. The van der Waals surface area contributed by atoms with Crippen LogP contribution >= 0.6 is 0 Å². The molecule has 112 valence electrons. The molecule has 0 saturated carbocycles. The Hall–Kier alpha value is -1.91. The molecule has 2 bridgehead atoms. The van der Waals surface area contributed by atoms with E-state index in [0.717, 1.165) is 19.4 Å². The summed E-state index contributed by atoms with van der Waals surface area (Å²) < 4.78 is 13.0. The summed E-state index contributed by atoms with van der Waals surface area (Å²) >= 11 is 0. The fraction of sp³-hybridized carbons (Fsp3) is 0.500. The number of nitrogens with zero attached hydrogens (tertiary/aromatic N) is 2. The summed E-state index contributed by atoms with van der Waals surface area (Å²) in [6.45, 7) is 4.06. The molecule has 5 heteroatoms. The zero-order chi connectivity index (χ0) is 15.0. The lowest BCUT2D eigenvalue weighted by Crippen LogP contribution is -2.60. The molecule has 2 amide bonds. The number of likely N-dealkylation sites (N-methyl/N-ethyl adjacent to an activating group) is 1. The molecule has 3 rings (SSSR count). The van der Waals surface area contributed by atoms with Gasteiger partial charge in [0.2, 0.25) is 5.91 Å². The molecular formula is C16H19FN2O2. The number of hydrogen-bond acceptors (Lipinski definition) is 2. The maximum atomic E-state index is 13.0. The van der Waals surface area contributed by atoms with E-state index in [2.05, 4.69) is 0 Å². The molecule has 2 atom stereocenters. The van der Waals surface area contributed by atoms with E-state index in [1.54, 1.807) is 4.90 Å².